The van der Waals surface area contributed by atoms with Gasteiger partial charge in [-0.15, -0.1) is 0 Å². The fourth-order valence-corrected chi connectivity index (χ4v) is 2.17. The highest BCUT2D eigenvalue weighted by Crippen LogP contribution is 2.34. The van der Waals surface area contributed by atoms with Gasteiger partial charge in [-0.3, -0.25) is 4.79 Å². The molecule has 0 spiro atoms. The van der Waals surface area contributed by atoms with Crippen molar-refractivity contribution in [2.24, 2.45) is 0 Å². The van der Waals surface area contributed by atoms with E-state index in [0.717, 1.165) is 29.7 Å². The van der Waals surface area contributed by atoms with Crippen molar-refractivity contribution in [2.75, 3.05) is 0 Å². The zero-order valence-corrected chi connectivity index (χ0v) is 10.9. The van der Waals surface area contributed by atoms with Gasteiger partial charge in [0.05, 0.1) is 5.56 Å². The smallest absolute Gasteiger partial charge is 0.298 e. The van der Waals surface area contributed by atoms with Gasteiger partial charge >= 0.3 is 6.18 Å². The minimum absolute atomic E-state index is 0.0562. The Kier molecular flexibility index (Phi) is 3.93. The number of carbonyl (C=O) groups is 1. The second-order valence-corrected chi connectivity index (χ2v) is 4.43. The Morgan fingerprint density at radius 2 is 1.75 bits per heavy atom. The van der Waals surface area contributed by atoms with Crippen molar-refractivity contribution < 1.29 is 18.0 Å². The Labute approximate surface area is 115 Å². The molecule has 0 aliphatic heterocycles. The van der Waals surface area contributed by atoms with Crippen LogP contribution in [0, 0.1) is 0 Å². The van der Waals surface area contributed by atoms with Crippen LogP contribution >= 0.6 is 0 Å². The van der Waals surface area contributed by atoms with Crippen LogP contribution in [0.15, 0.2) is 42.5 Å². The van der Waals surface area contributed by atoms with Crippen molar-refractivity contribution in [2.45, 2.75) is 19.5 Å². The lowest BCUT2D eigenvalue weighted by molar-refractivity contribution is -0.137. The van der Waals surface area contributed by atoms with Crippen LogP contribution in [0.25, 0.3) is 11.1 Å². The first kappa shape index (κ1) is 14.3. The first-order chi connectivity index (χ1) is 9.47. The van der Waals surface area contributed by atoms with Gasteiger partial charge in [-0.1, -0.05) is 37.3 Å². The molecule has 0 bridgehead atoms. The second-order valence-electron chi connectivity index (χ2n) is 4.43. The van der Waals surface area contributed by atoms with E-state index in [1.807, 2.05) is 25.1 Å². The number of aldehydes is 1. The summed E-state index contributed by atoms with van der Waals surface area (Å²) in [5, 5.41) is 0. The molecule has 0 fully saturated rings. The van der Waals surface area contributed by atoms with Gasteiger partial charge in [-0.05, 0) is 35.2 Å². The van der Waals surface area contributed by atoms with E-state index >= 15 is 0 Å². The molecular formula is C16H13F3O. The fraction of sp³-hybridized carbons (Fsp3) is 0.188. The molecule has 0 aliphatic rings. The number of halogens is 3. The fourth-order valence-electron chi connectivity index (χ4n) is 2.17. The standard InChI is InChI=1S/C16H13F3O/c1-2-11-5-3-4-6-14(11)15-8-7-13(16(17,18)19)9-12(15)10-20/h3-10H,2H2,1H3. The van der Waals surface area contributed by atoms with Gasteiger partial charge in [0.15, 0.2) is 6.29 Å². The maximum absolute atomic E-state index is 12.7. The van der Waals surface area contributed by atoms with Crippen LogP contribution in [-0.4, -0.2) is 6.29 Å². The molecule has 0 atom stereocenters. The van der Waals surface area contributed by atoms with Gasteiger partial charge in [-0.25, -0.2) is 0 Å². The van der Waals surface area contributed by atoms with Gasteiger partial charge in [-0.2, -0.15) is 13.2 Å². The van der Waals surface area contributed by atoms with Crippen LogP contribution in [0.4, 0.5) is 13.2 Å². The Bertz CT molecular complexity index is 630. The number of hydrogen-bond acceptors (Lipinski definition) is 1. The van der Waals surface area contributed by atoms with Crippen molar-refractivity contribution >= 4 is 6.29 Å². The number of aryl methyl sites for hydroxylation is 1. The number of hydrogen-bond donors (Lipinski definition) is 0. The molecule has 0 unspecified atom stereocenters. The number of alkyl halides is 3. The predicted octanol–water partition coefficient (Wildman–Crippen LogP) is 4.75. The molecule has 0 amide bonds. The molecule has 104 valence electrons. The van der Waals surface area contributed by atoms with Crippen molar-refractivity contribution in [1.29, 1.82) is 0 Å². The summed E-state index contributed by atoms with van der Waals surface area (Å²) in [4.78, 5) is 11.1. The lowest BCUT2D eigenvalue weighted by Gasteiger charge is -2.13. The van der Waals surface area contributed by atoms with Crippen LogP contribution < -0.4 is 0 Å². The van der Waals surface area contributed by atoms with E-state index in [1.165, 1.54) is 6.07 Å². The van der Waals surface area contributed by atoms with E-state index in [2.05, 4.69) is 0 Å². The highest BCUT2D eigenvalue weighted by atomic mass is 19.4. The number of carbonyl (C=O) groups excluding carboxylic acids is 1. The molecule has 2 rings (SSSR count). The Morgan fingerprint density at radius 1 is 1.05 bits per heavy atom. The highest BCUT2D eigenvalue weighted by molar-refractivity contribution is 5.88. The summed E-state index contributed by atoms with van der Waals surface area (Å²) in [6, 6.07) is 10.7. The third-order valence-corrected chi connectivity index (χ3v) is 3.19. The molecule has 0 saturated heterocycles. The van der Waals surface area contributed by atoms with Crippen molar-refractivity contribution in [3.8, 4) is 11.1 Å². The molecule has 4 heteroatoms. The molecule has 0 N–H and O–H groups in total. The Morgan fingerprint density at radius 3 is 2.35 bits per heavy atom. The van der Waals surface area contributed by atoms with E-state index < -0.39 is 11.7 Å². The molecule has 0 saturated carbocycles. The van der Waals surface area contributed by atoms with Crippen LogP contribution in [0.1, 0.15) is 28.4 Å². The van der Waals surface area contributed by atoms with E-state index in [4.69, 9.17) is 0 Å². The molecular weight excluding hydrogens is 265 g/mol. The molecule has 0 aliphatic carbocycles. The van der Waals surface area contributed by atoms with Crippen molar-refractivity contribution in [3.63, 3.8) is 0 Å². The maximum Gasteiger partial charge on any atom is 0.416 e. The number of benzene rings is 2. The van der Waals surface area contributed by atoms with Crippen molar-refractivity contribution in [1.82, 2.24) is 0 Å². The zero-order valence-electron chi connectivity index (χ0n) is 10.9. The van der Waals surface area contributed by atoms with E-state index in [-0.39, 0.29) is 5.56 Å². The Hall–Kier alpha value is -2.10. The first-order valence-corrected chi connectivity index (χ1v) is 6.22. The first-order valence-electron chi connectivity index (χ1n) is 6.22. The topological polar surface area (TPSA) is 17.1 Å². The minimum atomic E-state index is -4.44. The summed E-state index contributed by atoms with van der Waals surface area (Å²) in [5.74, 6) is 0. The predicted molar refractivity (Wildman–Crippen MR) is 71.6 cm³/mol. The average molecular weight is 278 g/mol. The summed E-state index contributed by atoms with van der Waals surface area (Å²) in [7, 11) is 0. The summed E-state index contributed by atoms with van der Waals surface area (Å²) in [6.07, 6.45) is -3.23. The van der Waals surface area contributed by atoms with Crippen molar-refractivity contribution in [3.05, 3.63) is 59.2 Å². The van der Waals surface area contributed by atoms with Crippen LogP contribution in [-0.2, 0) is 12.6 Å². The van der Waals surface area contributed by atoms with Crippen LogP contribution in [0.3, 0.4) is 0 Å². The van der Waals surface area contributed by atoms with E-state index in [1.54, 1.807) is 6.07 Å². The number of rotatable bonds is 3. The molecule has 1 nitrogen and oxygen atoms in total. The molecule has 0 radical (unpaired) electrons. The normalized spacial score (nSPS) is 11.4. The van der Waals surface area contributed by atoms with Gasteiger partial charge in [0, 0.05) is 5.56 Å². The van der Waals surface area contributed by atoms with Gasteiger partial charge < -0.3 is 0 Å². The SMILES string of the molecule is CCc1ccccc1-c1ccc(C(F)(F)F)cc1C=O. The van der Waals surface area contributed by atoms with E-state index in [0.29, 0.717) is 11.8 Å². The minimum Gasteiger partial charge on any atom is -0.298 e. The molecule has 0 aromatic heterocycles. The van der Waals surface area contributed by atoms with Crippen LogP contribution in [0.5, 0.6) is 0 Å². The Balaban J connectivity index is 2.61. The second kappa shape index (κ2) is 5.49. The average Bonchev–Trinajstić information content (AvgIpc) is 2.45. The lowest BCUT2D eigenvalue weighted by atomic mass is 9.93. The molecule has 2 aromatic rings. The monoisotopic (exact) mass is 278 g/mol. The molecule has 20 heavy (non-hydrogen) atoms. The molecule has 2 aromatic carbocycles. The lowest BCUT2D eigenvalue weighted by Crippen LogP contribution is -2.06. The summed E-state index contributed by atoms with van der Waals surface area (Å²) >= 11 is 0. The van der Waals surface area contributed by atoms with Gasteiger partial charge in [0.1, 0.15) is 0 Å². The summed E-state index contributed by atoms with van der Waals surface area (Å²) in [5.41, 5.74) is 1.57. The third-order valence-electron chi connectivity index (χ3n) is 3.19. The highest BCUT2D eigenvalue weighted by Gasteiger charge is 2.31. The van der Waals surface area contributed by atoms with Crippen LogP contribution in [0.2, 0.25) is 0 Å². The zero-order chi connectivity index (χ0) is 14.8. The summed E-state index contributed by atoms with van der Waals surface area (Å²) < 4.78 is 38.0. The summed E-state index contributed by atoms with van der Waals surface area (Å²) in [6.45, 7) is 1.96. The van der Waals surface area contributed by atoms with E-state index in [9.17, 15) is 18.0 Å². The molecule has 0 heterocycles. The van der Waals surface area contributed by atoms with Gasteiger partial charge in [0.2, 0.25) is 0 Å². The largest absolute Gasteiger partial charge is 0.416 e. The quantitative estimate of drug-likeness (QED) is 0.741. The van der Waals surface area contributed by atoms with Gasteiger partial charge in [0.25, 0.3) is 0 Å². The maximum atomic E-state index is 12.7. The third kappa shape index (κ3) is 2.74.